The molecule has 0 radical (unpaired) electrons. The highest BCUT2D eigenvalue weighted by Gasteiger charge is 2.17. The van der Waals surface area contributed by atoms with Crippen molar-refractivity contribution in [3.8, 4) is 0 Å². The Kier molecular flexibility index (Phi) is 5.41. The number of aromatic nitrogens is 2. The van der Waals surface area contributed by atoms with Crippen LogP contribution in [0.15, 0.2) is 42.5 Å². The van der Waals surface area contributed by atoms with E-state index in [2.05, 4.69) is 10.4 Å². The molecule has 0 aliphatic carbocycles. The largest absolute Gasteiger partial charge is 0.319 e. The molecular weight excluding hydrogens is 387 g/mol. The summed E-state index contributed by atoms with van der Waals surface area (Å²) in [6.45, 7) is 3.86. The maximum absolute atomic E-state index is 13.2. The second-order valence-electron chi connectivity index (χ2n) is 6.20. The quantitative estimate of drug-likeness (QED) is 0.502. The zero-order chi connectivity index (χ0) is 20.4. The van der Waals surface area contributed by atoms with Crippen LogP contribution in [-0.2, 0) is 6.54 Å². The molecule has 0 bridgehead atoms. The first kappa shape index (κ1) is 19.5. The third-order valence-electron chi connectivity index (χ3n) is 4.30. The van der Waals surface area contributed by atoms with Crippen molar-refractivity contribution in [3.05, 3.63) is 85.9 Å². The molecule has 144 valence electrons. The third-order valence-corrected chi connectivity index (χ3v) is 4.65. The Morgan fingerprint density at radius 1 is 1.25 bits per heavy atom. The first-order valence-corrected chi connectivity index (χ1v) is 8.68. The number of nitro benzene ring substituents is 1. The fraction of sp³-hybridized carbons (Fsp3) is 0.158. The molecule has 0 atom stereocenters. The monoisotopic (exact) mass is 402 g/mol. The molecule has 0 aliphatic rings. The van der Waals surface area contributed by atoms with E-state index >= 15 is 0 Å². The van der Waals surface area contributed by atoms with Gasteiger partial charge >= 0.3 is 0 Å². The highest BCUT2D eigenvalue weighted by Crippen LogP contribution is 2.24. The zero-order valence-electron chi connectivity index (χ0n) is 15.1. The molecule has 0 aliphatic heterocycles. The summed E-state index contributed by atoms with van der Waals surface area (Å²) in [5.74, 6) is -0.821. The van der Waals surface area contributed by atoms with Crippen LogP contribution in [0.3, 0.4) is 0 Å². The topological polar surface area (TPSA) is 90.1 Å². The van der Waals surface area contributed by atoms with Crippen molar-refractivity contribution in [1.82, 2.24) is 9.78 Å². The molecular formula is C19H16ClFN4O3. The third kappa shape index (κ3) is 4.01. The van der Waals surface area contributed by atoms with Crippen molar-refractivity contribution in [3.63, 3.8) is 0 Å². The Morgan fingerprint density at radius 2 is 1.93 bits per heavy atom. The van der Waals surface area contributed by atoms with Gasteiger partial charge in [0.2, 0.25) is 0 Å². The maximum Gasteiger partial charge on any atom is 0.269 e. The molecule has 1 N–H and O–H groups in total. The van der Waals surface area contributed by atoms with E-state index in [0.29, 0.717) is 39.8 Å². The summed E-state index contributed by atoms with van der Waals surface area (Å²) in [5, 5.41) is 18.2. The van der Waals surface area contributed by atoms with Gasteiger partial charge in [-0.15, -0.1) is 0 Å². The number of nitrogens with one attached hydrogen (secondary N) is 1. The first-order valence-electron chi connectivity index (χ1n) is 8.30. The smallest absolute Gasteiger partial charge is 0.269 e. The van der Waals surface area contributed by atoms with Crippen molar-refractivity contribution in [2.75, 3.05) is 5.32 Å². The van der Waals surface area contributed by atoms with Crippen LogP contribution in [0, 0.1) is 29.8 Å². The minimum Gasteiger partial charge on any atom is -0.319 e. The van der Waals surface area contributed by atoms with Crippen LogP contribution >= 0.6 is 11.6 Å². The van der Waals surface area contributed by atoms with Crippen molar-refractivity contribution in [2.24, 2.45) is 0 Å². The van der Waals surface area contributed by atoms with Crippen LogP contribution in [-0.4, -0.2) is 20.6 Å². The van der Waals surface area contributed by atoms with E-state index in [1.807, 2.05) is 0 Å². The molecule has 9 heteroatoms. The van der Waals surface area contributed by atoms with Crippen LogP contribution in [0.1, 0.15) is 27.3 Å². The predicted molar refractivity (Wildman–Crippen MR) is 103 cm³/mol. The Labute approximate surface area is 164 Å². The van der Waals surface area contributed by atoms with Gasteiger partial charge in [-0.25, -0.2) is 4.39 Å². The molecule has 0 saturated heterocycles. The van der Waals surface area contributed by atoms with Gasteiger partial charge in [0, 0.05) is 22.7 Å². The van der Waals surface area contributed by atoms with Crippen molar-refractivity contribution in [2.45, 2.75) is 20.4 Å². The lowest BCUT2D eigenvalue weighted by Crippen LogP contribution is -2.13. The summed E-state index contributed by atoms with van der Waals surface area (Å²) in [5.41, 5.74) is 2.74. The number of benzene rings is 2. The Hall–Kier alpha value is -3.26. The van der Waals surface area contributed by atoms with Crippen LogP contribution in [0.4, 0.5) is 15.8 Å². The van der Waals surface area contributed by atoms with Gasteiger partial charge in [0.25, 0.3) is 11.6 Å². The fourth-order valence-electron chi connectivity index (χ4n) is 2.76. The molecule has 0 unspecified atom stereocenters. The van der Waals surface area contributed by atoms with Crippen LogP contribution in [0.5, 0.6) is 0 Å². The highest BCUT2D eigenvalue weighted by atomic mass is 35.5. The molecule has 1 heterocycles. The van der Waals surface area contributed by atoms with E-state index in [1.54, 1.807) is 24.6 Å². The Bertz CT molecular complexity index is 1060. The minimum absolute atomic E-state index is 0.0899. The summed E-state index contributed by atoms with van der Waals surface area (Å²) in [7, 11) is 0. The normalized spacial score (nSPS) is 10.7. The summed E-state index contributed by atoms with van der Waals surface area (Å²) in [6.07, 6.45) is 0. The number of non-ortho nitro benzene ring substituents is 1. The van der Waals surface area contributed by atoms with E-state index in [4.69, 9.17) is 11.6 Å². The van der Waals surface area contributed by atoms with E-state index in [0.717, 1.165) is 0 Å². The number of anilines is 1. The van der Waals surface area contributed by atoms with Gasteiger partial charge in [0.15, 0.2) is 0 Å². The minimum atomic E-state index is -0.527. The Morgan fingerprint density at radius 3 is 2.54 bits per heavy atom. The van der Waals surface area contributed by atoms with Crippen molar-refractivity contribution in [1.29, 1.82) is 0 Å². The lowest BCUT2D eigenvalue weighted by atomic mass is 10.2. The average molecular weight is 403 g/mol. The van der Waals surface area contributed by atoms with Crippen molar-refractivity contribution < 1.29 is 14.1 Å². The van der Waals surface area contributed by atoms with Gasteiger partial charge in [0.1, 0.15) is 5.82 Å². The molecule has 0 spiro atoms. The number of carbonyl (C=O) groups excluding carboxylic acids is 1. The van der Waals surface area contributed by atoms with Crippen LogP contribution < -0.4 is 5.32 Å². The van der Waals surface area contributed by atoms with Crippen LogP contribution in [0.2, 0.25) is 5.02 Å². The lowest BCUT2D eigenvalue weighted by Gasteiger charge is -2.08. The molecule has 1 aromatic heterocycles. The number of carbonyl (C=O) groups is 1. The van der Waals surface area contributed by atoms with Crippen LogP contribution in [0.25, 0.3) is 0 Å². The number of rotatable bonds is 5. The molecule has 1 amide bonds. The second-order valence-corrected chi connectivity index (χ2v) is 6.60. The zero-order valence-corrected chi connectivity index (χ0v) is 15.8. The van der Waals surface area contributed by atoms with Gasteiger partial charge in [-0.05, 0) is 43.7 Å². The summed E-state index contributed by atoms with van der Waals surface area (Å²) in [4.78, 5) is 22.7. The van der Waals surface area contributed by atoms with E-state index in [1.165, 1.54) is 36.4 Å². The molecule has 0 saturated carbocycles. The van der Waals surface area contributed by atoms with E-state index in [-0.39, 0.29) is 5.69 Å². The van der Waals surface area contributed by atoms with Gasteiger partial charge in [-0.1, -0.05) is 17.7 Å². The average Bonchev–Trinajstić information content (AvgIpc) is 2.91. The summed E-state index contributed by atoms with van der Waals surface area (Å²) in [6, 6.07) is 9.47. The molecule has 3 rings (SSSR count). The molecule has 7 nitrogen and oxygen atoms in total. The number of hydrogen-bond acceptors (Lipinski definition) is 4. The predicted octanol–water partition coefficient (Wildman–Crippen LogP) is 4.50. The lowest BCUT2D eigenvalue weighted by molar-refractivity contribution is -0.384. The number of halogens is 2. The Balaban J connectivity index is 1.81. The molecule has 28 heavy (non-hydrogen) atoms. The number of aryl methyl sites for hydroxylation is 1. The number of nitro groups is 1. The van der Waals surface area contributed by atoms with Gasteiger partial charge in [0.05, 0.1) is 28.5 Å². The second kappa shape index (κ2) is 7.77. The van der Waals surface area contributed by atoms with Gasteiger partial charge < -0.3 is 5.32 Å². The number of nitrogens with zero attached hydrogens (tertiary/aromatic N) is 3. The standard InChI is InChI=1S/C19H16ClFN4O3/c1-11-18(22-19(26)13-4-7-16(8-5-13)25(27)28)12(2)24(23-11)10-14-3-6-15(21)9-17(14)20/h3-9H,10H2,1-2H3,(H,22,26). The van der Waals surface area contributed by atoms with E-state index in [9.17, 15) is 19.3 Å². The maximum atomic E-state index is 13.2. The highest BCUT2D eigenvalue weighted by molar-refractivity contribution is 6.31. The number of hydrogen-bond donors (Lipinski definition) is 1. The van der Waals surface area contributed by atoms with Crippen molar-refractivity contribution >= 4 is 28.9 Å². The van der Waals surface area contributed by atoms with Gasteiger partial charge in [-0.3, -0.25) is 19.6 Å². The summed E-state index contributed by atoms with van der Waals surface area (Å²) < 4.78 is 14.9. The molecule has 2 aromatic carbocycles. The fourth-order valence-corrected chi connectivity index (χ4v) is 2.99. The van der Waals surface area contributed by atoms with Gasteiger partial charge in [-0.2, -0.15) is 5.10 Å². The summed E-state index contributed by atoms with van der Waals surface area (Å²) >= 11 is 6.08. The SMILES string of the molecule is Cc1nn(Cc2ccc(F)cc2Cl)c(C)c1NC(=O)c1ccc([N+](=O)[O-])cc1. The van der Waals surface area contributed by atoms with E-state index < -0.39 is 16.6 Å². The molecule has 3 aromatic rings. The first-order chi connectivity index (χ1) is 13.3. The number of amides is 1. The molecule has 0 fully saturated rings.